The van der Waals surface area contributed by atoms with Gasteiger partial charge in [0.05, 0.1) is 23.2 Å². The second-order valence-electron chi connectivity index (χ2n) is 8.89. The molecule has 164 valence electrons. The van der Waals surface area contributed by atoms with Crippen molar-refractivity contribution in [2.24, 2.45) is 0 Å². The van der Waals surface area contributed by atoms with Crippen LogP contribution in [0, 0.1) is 0 Å². The van der Waals surface area contributed by atoms with Crippen LogP contribution in [-0.2, 0) is 6.54 Å². The van der Waals surface area contributed by atoms with Gasteiger partial charge in [0, 0.05) is 6.54 Å². The molecule has 4 rings (SSSR count). The average molecular weight is 423 g/mol. The number of ether oxygens (including phenoxy) is 1. The smallest absolute Gasteiger partial charge is 0.119 e. The maximum Gasteiger partial charge on any atom is 0.119 e. The SMILES string of the molecule is CC(C)(O)COc1ccc(-n2cc(CN3CCC(c4cccc(O)c4)CC3)nn2)cc1. The van der Waals surface area contributed by atoms with E-state index in [0.717, 1.165) is 43.9 Å². The van der Waals surface area contributed by atoms with Gasteiger partial charge in [-0.25, -0.2) is 4.68 Å². The lowest BCUT2D eigenvalue weighted by molar-refractivity contribution is 0.0285. The van der Waals surface area contributed by atoms with Crippen molar-refractivity contribution in [2.75, 3.05) is 19.7 Å². The summed E-state index contributed by atoms with van der Waals surface area (Å²) in [5, 5.41) is 28.1. The average Bonchev–Trinajstić information content (AvgIpc) is 3.21. The number of phenols is 1. The van der Waals surface area contributed by atoms with Crippen LogP contribution in [0.3, 0.4) is 0 Å². The van der Waals surface area contributed by atoms with Crippen LogP contribution >= 0.6 is 0 Å². The highest BCUT2D eigenvalue weighted by atomic mass is 16.5. The first-order chi connectivity index (χ1) is 14.9. The van der Waals surface area contributed by atoms with Gasteiger partial charge in [0.1, 0.15) is 18.1 Å². The number of aliphatic hydroxyl groups is 1. The minimum absolute atomic E-state index is 0.238. The van der Waals surface area contributed by atoms with Crippen LogP contribution in [-0.4, -0.2) is 55.4 Å². The molecule has 1 aromatic heterocycles. The standard InChI is InChI=1S/C24H30N4O3/c1-24(2,30)17-31-23-8-6-21(7-9-23)28-16-20(25-26-28)15-27-12-10-18(11-13-27)19-4-3-5-22(29)14-19/h3-9,14,16,18,29-30H,10-13,15,17H2,1-2H3. The molecule has 0 bridgehead atoms. The Labute approximate surface area is 182 Å². The van der Waals surface area contributed by atoms with E-state index >= 15 is 0 Å². The van der Waals surface area contributed by atoms with Gasteiger partial charge in [-0.2, -0.15) is 0 Å². The maximum atomic E-state index is 9.77. The summed E-state index contributed by atoms with van der Waals surface area (Å²) in [6.45, 7) is 6.45. The zero-order chi connectivity index (χ0) is 21.8. The first-order valence-corrected chi connectivity index (χ1v) is 10.7. The normalized spacial score (nSPS) is 15.8. The molecule has 7 heteroatoms. The Balaban J connectivity index is 1.30. The molecular formula is C24H30N4O3. The number of aromatic hydroxyl groups is 1. The first kappa shape index (κ1) is 21.3. The van der Waals surface area contributed by atoms with Crippen molar-refractivity contribution in [1.29, 1.82) is 0 Å². The number of nitrogens with zero attached hydrogens (tertiary/aromatic N) is 4. The number of likely N-dealkylation sites (tertiary alicyclic amines) is 1. The molecule has 0 saturated carbocycles. The van der Waals surface area contributed by atoms with Crippen LogP contribution in [0.25, 0.3) is 5.69 Å². The molecule has 0 atom stereocenters. The summed E-state index contributed by atoms with van der Waals surface area (Å²) in [6.07, 6.45) is 4.11. The van der Waals surface area contributed by atoms with E-state index in [1.165, 1.54) is 5.56 Å². The number of phenolic OH excluding ortho intramolecular Hbond substituents is 1. The summed E-state index contributed by atoms with van der Waals surface area (Å²) in [5.74, 6) is 1.55. The molecule has 3 aromatic rings. The topological polar surface area (TPSA) is 83.6 Å². The van der Waals surface area contributed by atoms with E-state index < -0.39 is 5.60 Å². The molecule has 7 nitrogen and oxygen atoms in total. The van der Waals surface area contributed by atoms with Gasteiger partial charge in [-0.15, -0.1) is 5.10 Å². The number of benzene rings is 2. The maximum absolute atomic E-state index is 9.77. The molecule has 0 radical (unpaired) electrons. The third-order valence-corrected chi connectivity index (χ3v) is 5.55. The van der Waals surface area contributed by atoms with Gasteiger partial charge >= 0.3 is 0 Å². The fourth-order valence-corrected chi connectivity index (χ4v) is 3.88. The van der Waals surface area contributed by atoms with E-state index in [0.29, 0.717) is 17.4 Å². The van der Waals surface area contributed by atoms with Crippen LogP contribution in [0.5, 0.6) is 11.5 Å². The summed E-state index contributed by atoms with van der Waals surface area (Å²) >= 11 is 0. The van der Waals surface area contributed by atoms with Crippen LogP contribution in [0.15, 0.2) is 54.7 Å². The number of piperidine rings is 1. The predicted octanol–water partition coefficient (Wildman–Crippen LogP) is 3.50. The van der Waals surface area contributed by atoms with Crippen molar-refractivity contribution < 1.29 is 14.9 Å². The molecule has 2 heterocycles. The summed E-state index contributed by atoms with van der Waals surface area (Å²) in [7, 11) is 0. The first-order valence-electron chi connectivity index (χ1n) is 10.7. The van der Waals surface area contributed by atoms with Crippen LogP contribution < -0.4 is 4.74 Å². The van der Waals surface area contributed by atoms with E-state index in [9.17, 15) is 10.2 Å². The van der Waals surface area contributed by atoms with Crippen molar-refractivity contribution in [1.82, 2.24) is 19.9 Å². The largest absolute Gasteiger partial charge is 0.508 e. The van der Waals surface area contributed by atoms with E-state index in [2.05, 4.69) is 21.3 Å². The van der Waals surface area contributed by atoms with Crippen LogP contribution in [0.2, 0.25) is 0 Å². The van der Waals surface area contributed by atoms with Gasteiger partial charge in [0.25, 0.3) is 0 Å². The van der Waals surface area contributed by atoms with Crippen molar-refractivity contribution in [2.45, 2.75) is 44.8 Å². The Morgan fingerprint density at radius 1 is 1.10 bits per heavy atom. The highest BCUT2D eigenvalue weighted by Crippen LogP contribution is 2.30. The molecule has 0 spiro atoms. The molecule has 1 aliphatic rings. The predicted molar refractivity (Wildman–Crippen MR) is 119 cm³/mol. The number of rotatable bonds is 7. The molecular weight excluding hydrogens is 392 g/mol. The molecule has 0 amide bonds. The molecule has 1 aliphatic heterocycles. The quantitative estimate of drug-likeness (QED) is 0.606. The third kappa shape index (κ3) is 5.83. The molecule has 2 N–H and O–H groups in total. The van der Waals surface area contributed by atoms with Crippen molar-refractivity contribution in [3.8, 4) is 17.2 Å². The number of hydrogen-bond acceptors (Lipinski definition) is 6. The third-order valence-electron chi connectivity index (χ3n) is 5.55. The minimum atomic E-state index is -0.864. The van der Waals surface area contributed by atoms with E-state index in [1.807, 2.05) is 42.6 Å². The molecule has 0 unspecified atom stereocenters. The van der Waals surface area contributed by atoms with Gasteiger partial charge in [0.15, 0.2) is 0 Å². The van der Waals surface area contributed by atoms with Crippen molar-refractivity contribution in [3.63, 3.8) is 0 Å². The van der Waals surface area contributed by atoms with Gasteiger partial charge in [-0.1, -0.05) is 17.3 Å². The molecule has 31 heavy (non-hydrogen) atoms. The zero-order valence-electron chi connectivity index (χ0n) is 18.1. The van der Waals surface area contributed by atoms with E-state index in [4.69, 9.17) is 4.74 Å². The Morgan fingerprint density at radius 2 is 1.84 bits per heavy atom. The molecule has 2 aromatic carbocycles. The summed E-state index contributed by atoms with van der Waals surface area (Å²) in [6, 6.07) is 15.2. The monoisotopic (exact) mass is 422 g/mol. The lowest BCUT2D eigenvalue weighted by atomic mass is 9.89. The Bertz CT molecular complexity index is 987. The van der Waals surface area contributed by atoms with Crippen LogP contribution in [0.1, 0.15) is 43.9 Å². The van der Waals surface area contributed by atoms with E-state index in [-0.39, 0.29) is 6.61 Å². The lowest BCUT2D eigenvalue weighted by Gasteiger charge is -2.31. The van der Waals surface area contributed by atoms with Gasteiger partial charge < -0.3 is 14.9 Å². The number of hydrogen-bond donors (Lipinski definition) is 2. The lowest BCUT2D eigenvalue weighted by Crippen LogP contribution is -2.32. The summed E-state index contributed by atoms with van der Waals surface area (Å²) in [5.41, 5.74) is 2.22. The second-order valence-corrected chi connectivity index (χ2v) is 8.89. The molecule has 1 saturated heterocycles. The highest BCUT2D eigenvalue weighted by Gasteiger charge is 2.21. The van der Waals surface area contributed by atoms with E-state index in [1.54, 1.807) is 24.6 Å². The van der Waals surface area contributed by atoms with Gasteiger partial charge in [0.2, 0.25) is 0 Å². The highest BCUT2D eigenvalue weighted by molar-refractivity contribution is 5.36. The second kappa shape index (κ2) is 9.08. The Kier molecular flexibility index (Phi) is 6.25. The Morgan fingerprint density at radius 3 is 2.52 bits per heavy atom. The molecule has 1 fully saturated rings. The number of aromatic nitrogens is 3. The van der Waals surface area contributed by atoms with Gasteiger partial charge in [-0.3, -0.25) is 4.90 Å². The summed E-state index contributed by atoms with van der Waals surface area (Å²) < 4.78 is 7.37. The fourth-order valence-electron chi connectivity index (χ4n) is 3.88. The van der Waals surface area contributed by atoms with Crippen LogP contribution in [0.4, 0.5) is 0 Å². The van der Waals surface area contributed by atoms with Crippen molar-refractivity contribution >= 4 is 0 Å². The fraction of sp³-hybridized carbons (Fsp3) is 0.417. The Hall–Kier alpha value is -2.90. The van der Waals surface area contributed by atoms with Crippen molar-refractivity contribution in [3.05, 3.63) is 66.0 Å². The van der Waals surface area contributed by atoms with Gasteiger partial charge in [-0.05, 0) is 87.7 Å². The zero-order valence-corrected chi connectivity index (χ0v) is 18.1. The summed E-state index contributed by atoms with van der Waals surface area (Å²) in [4.78, 5) is 2.40. The molecule has 0 aliphatic carbocycles. The minimum Gasteiger partial charge on any atom is -0.508 e.